The van der Waals surface area contributed by atoms with Crippen LogP contribution in [-0.4, -0.2) is 17.0 Å². The fraction of sp³-hybridized carbons (Fsp3) is 0.143. The van der Waals surface area contributed by atoms with Crippen LogP contribution in [0.15, 0.2) is 34.9 Å². The predicted molar refractivity (Wildman–Crippen MR) is 87.8 cm³/mol. The summed E-state index contributed by atoms with van der Waals surface area (Å²) in [5.74, 6) is 0.489. The molecule has 0 aliphatic carbocycles. The van der Waals surface area contributed by atoms with Crippen LogP contribution in [-0.2, 0) is 4.79 Å². The molecule has 1 amide bonds. The fourth-order valence-corrected chi connectivity index (χ4v) is 2.23. The molecule has 0 bridgehead atoms. The van der Waals surface area contributed by atoms with Gasteiger partial charge in [0, 0.05) is 12.3 Å². The Kier molecular flexibility index (Phi) is 5.50. The van der Waals surface area contributed by atoms with Gasteiger partial charge in [-0.2, -0.15) is 0 Å². The highest BCUT2D eigenvalue weighted by molar-refractivity contribution is 9.10. The molecular weight excluding hydrogens is 395 g/mol. The van der Waals surface area contributed by atoms with Gasteiger partial charge in [0.1, 0.15) is 16.5 Å². The smallest absolute Gasteiger partial charge is 0.258 e. The second-order valence-electron chi connectivity index (χ2n) is 4.30. The standard InChI is InChI=1S/C14H11BrCl2N2O3/c1-7(13(18)20)21-12-5-9(2-3-10(12)15)22-14-11(17)4-8(16)6-19-14/h2-7H,1H3,(H2,18,20). The zero-order valence-corrected chi connectivity index (χ0v) is 14.4. The van der Waals surface area contributed by atoms with Crippen molar-refractivity contribution in [1.29, 1.82) is 0 Å². The van der Waals surface area contributed by atoms with E-state index in [4.69, 9.17) is 38.4 Å². The van der Waals surface area contributed by atoms with Gasteiger partial charge in [0.15, 0.2) is 6.10 Å². The van der Waals surface area contributed by atoms with Crippen molar-refractivity contribution >= 4 is 45.0 Å². The van der Waals surface area contributed by atoms with E-state index in [1.807, 2.05) is 0 Å². The van der Waals surface area contributed by atoms with Crippen molar-refractivity contribution in [2.45, 2.75) is 13.0 Å². The number of nitrogens with zero attached hydrogens (tertiary/aromatic N) is 1. The first-order valence-corrected chi connectivity index (χ1v) is 7.66. The van der Waals surface area contributed by atoms with E-state index in [-0.39, 0.29) is 10.9 Å². The average Bonchev–Trinajstić information content (AvgIpc) is 2.45. The molecule has 1 unspecified atom stereocenters. The van der Waals surface area contributed by atoms with Crippen LogP contribution in [0.1, 0.15) is 6.92 Å². The van der Waals surface area contributed by atoms with Gasteiger partial charge in [-0.15, -0.1) is 0 Å². The van der Waals surface area contributed by atoms with Gasteiger partial charge >= 0.3 is 0 Å². The number of amides is 1. The van der Waals surface area contributed by atoms with E-state index in [9.17, 15) is 4.79 Å². The maximum atomic E-state index is 11.1. The van der Waals surface area contributed by atoms with Crippen molar-refractivity contribution in [2.24, 2.45) is 5.73 Å². The summed E-state index contributed by atoms with van der Waals surface area (Å²) in [5, 5.41) is 0.691. The number of primary amides is 1. The zero-order valence-electron chi connectivity index (χ0n) is 11.3. The Balaban J connectivity index is 2.23. The molecule has 1 aromatic carbocycles. The number of nitrogens with two attached hydrogens (primary N) is 1. The number of hydrogen-bond acceptors (Lipinski definition) is 4. The maximum absolute atomic E-state index is 11.1. The van der Waals surface area contributed by atoms with E-state index in [2.05, 4.69) is 20.9 Å². The summed E-state index contributed by atoms with van der Waals surface area (Å²) in [7, 11) is 0. The van der Waals surface area contributed by atoms with Crippen LogP contribution in [0.3, 0.4) is 0 Å². The number of aromatic nitrogens is 1. The Morgan fingerprint density at radius 3 is 2.73 bits per heavy atom. The average molecular weight is 406 g/mol. The lowest BCUT2D eigenvalue weighted by Crippen LogP contribution is -2.30. The second-order valence-corrected chi connectivity index (χ2v) is 6.00. The molecule has 5 nitrogen and oxygen atoms in total. The largest absolute Gasteiger partial charge is 0.480 e. The lowest BCUT2D eigenvalue weighted by Gasteiger charge is -2.14. The molecule has 0 spiro atoms. The van der Waals surface area contributed by atoms with E-state index < -0.39 is 12.0 Å². The molecule has 2 rings (SSSR count). The lowest BCUT2D eigenvalue weighted by atomic mass is 10.3. The molecular formula is C14H11BrCl2N2O3. The highest BCUT2D eigenvalue weighted by Crippen LogP contribution is 2.34. The molecule has 22 heavy (non-hydrogen) atoms. The Morgan fingerprint density at radius 2 is 2.09 bits per heavy atom. The van der Waals surface area contributed by atoms with Gasteiger partial charge in [-0.3, -0.25) is 4.79 Å². The van der Waals surface area contributed by atoms with Crippen LogP contribution in [0.5, 0.6) is 17.4 Å². The van der Waals surface area contributed by atoms with Gasteiger partial charge in [0.05, 0.1) is 9.50 Å². The van der Waals surface area contributed by atoms with Crippen LogP contribution < -0.4 is 15.2 Å². The SMILES string of the molecule is CC(Oc1cc(Oc2ncc(Cl)cc2Cl)ccc1Br)C(N)=O. The molecule has 0 saturated heterocycles. The summed E-state index contributed by atoms with van der Waals surface area (Å²) in [6, 6.07) is 6.52. The van der Waals surface area contributed by atoms with E-state index in [0.717, 1.165) is 0 Å². The third-order valence-electron chi connectivity index (χ3n) is 2.60. The minimum absolute atomic E-state index is 0.210. The number of carbonyl (C=O) groups is 1. The topological polar surface area (TPSA) is 74.4 Å². The molecule has 0 aliphatic rings. The minimum atomic E-state index is -0.774. The first-order chi connectivity index (χ1) is 10.4. The van der Waals surface area contributed by atoms with E-state index in [0.29, 0.717) is 21.0 Å². The third-order valence-corrected chi connectivity index (χ3v) is 3.73. The first-order valence-electron chi connectivity index (χ1n) is 6.11. The number of ether oxygens (including phenoxy) is 2. The first kappa shape index (κ1) is 16.9. The van der Waals surface area contributed by atoms with Crippen molar-refractivity contribution in [3.63, 3.8) is 0 Å². The van der Waals surface area contributed by atoms with Crippen LogP contribution in [0.4, 0.5) is 0 Å². The molecule has 0 aliphatic heterocycles. The monoisotopic (exact) mass is 404 g/mol. The fourth-order valence-electron chi connectivity index (χ4n) is 1.47. The molecule has 0 fully saturated rings. The summed E-state index contributed by atoms with van der Waals surface area (Å²) < 4.78 is 11.7. The summed E-state index contributed by atoms with van der Waals surface area (Å²) in [6.45, 7) is 1.56. The van der Waals surface area contributed by atoms with E-state index in [1.54, 1.807) is 25.1 Å². The van der Waals surface area contributed by atoms with Crippen LogP contribution in [0.25, 0.3) is 0 Å². The molecule has 8 heteroatoms. The normalized spacial score (nSPS) is 11.8. The molecule has 1 atom stereocenters. The lowest BCUT2D eigenvalue weighted by molar-refractivity contribution is -0.124. The molecule has 2 aromatic rings. The third kappa shape index (κ3) is 4.25. The highest BCUT2D eigenvalue weighted by Gasteiger charge is 2.14. The molecule has 0 radical (unpaired) electrons. The molecule has 116 valence electrons. The van der Waals surface area contributed by atoms with Crippen LogP contribution >= 0.6 is 39.1 Å². The molecule has 0 saturated carbocycles. The van der Waals surface area contributed by atoms with E-state index >= 15 is 0 Å². The van der Waals surface area contributed by atoms with Crippen molar-refractivity contribution in [3.8, 4) is 17.4 Å². The van der Waals surface area contributed by atoms with Crippen molar-refractivity contribution < 1.29 is 14.3 Å². The Bertz CT molecular complexity index is 712. The van der Waals surface area contributed by atoms with Gasteiger partial charge in [0.2, 0.25) is 5.88 Å². The van der Waals surface area contributed by atoms with Crippen molar-refractivity contribution in [1.82, 2.24) is 4.98 Å². The van der Waals surface area contributed by atoms with Gasteiger partial charge in [-0.25, -0.2) is 4.98 Å². The summed E-state index contributed by atoms with van der Waals surface area (Å²) in [5.41, 5.74) is 5.18. The number of pyridine rings is 1. The Hall–Kier alpha value is -1.50. The zero-order chi connectivity index (χ0) is 16.3. The summed E-state index contributed by atoms with van der Waals surface area (Å²) in [4.78, 5) is 15.1. The summed E-state index contributed by atoms with van der Waals surface area (Å²) in [6.07, 6.45) is 0.651. The number of carbonyl (C=O) groups excluding carboxylic acids is 1. The number of rotatable bonds is 5. The Morgan fingerprint density at radius 1 is 1.36 bits per heavy atom. The minimum Gasteiger partial charge on any atom is -0.480 e. The predicted octanol–water partition coefficient (Wildman–Crippen LogP) is 4.20. The number of benzene rings is 1. The molecule has 2 N–H and O–H groups in total. The molecule has 1 heterocycles. The Labute approximate surface area is 145 Å². The maximum Gasteiger partial charge on any atom is 0.258 e. The van der Waals surface area contributed by atoms with Gasteiger partial charge in [0.25, 0.3) is 5.91 Å². The van der Waals surface area contributed by atoms with Crippen LogP contribution in [0, 0.1) is 0 Å². The van der Waals surface area contributed by atoms with Crippen molar-refractivity contribution in [2.75, 3.05) is 0 Å². The van der Waals surface area contributed by atoms with Gasteiger partial charge in [-0.1, -0.05) is 23.2 Å². The van der Waals surface area contributed by atoms with Gasteiger partial charge in [-0.05, 0) is 41.1 Å². The quantitative estimate of drug-likeness (QED) is 0.808. The molecule has 1 aromatic heterocycles. The number of hydrogen-bond donors (Lipinski definition) is 1. The second kappa shape index (κ2) is 7.17. The van der Waals surface area contributed by atoms with Crippen LogP contribution in [0.2, 0.25) is 10.0 Å². The summed E-state index contributed by atoms with van der Waals surface area (Å²) >= 11 is 15.1. The van der Waals surface area contributed by atoms with Gasteiger partial charge < -0.3 is 15.2 Å². The van der Waals surface area contributed by atoms with E-state index in [1.165, 1.54) is 12.3 Å². The van der Waals surface area contributed by atoms with Crippen molar-refractivity contribution in [3.05, 3.63) is 45.0 Å². The number of halogens is 3. The highest BCUT2D eigenvalue weighted by atomic mass is 79.9.